The lowest BCUT2D eigenvalue weighted by Gasteiger charge is -2.51. The van der Waals surface area contributed by atoms with Crippen molar-refractivity contribution in [2.45, 2.75) is 96.8 Å². The van der Waals surface area contributed by atoms with Gasteiger partial charge in [-0.15, -0.1) is 0 Å². The van der Waals surface area contributed by atoms with Gasteiger partial charge in [-0.3, -0.25) is 4.79 Å². The summed E-state index contributed by atoms with van der Waals surface area (Å²) in [5.74, 6) is 2.53. The largest absolute Gasteiger partial charge is 0.295 e. The third kappa shape index (κ3) is 3.53. The number of fused-ring (bicyclic) bond motifs is 4. The van der Waals surface area contributed by atoms with Crippen LogP contribution in [0.15, 0.2) is 47.1 Å². The highest BCUT2D eigenvalue weighted by Gasteiger charge is 2.52. The van der Waals surface area contributed by atoms with Crippen molar-refractivity contribution in [3.63, 3.8) is 0 Å². The van der Waals surface area contributed by atoms with Crippen LogP contribution in [0.5, 0.6) is 0 Å². The van der Waals surface area contributed by atoms with Gasteiger partial charge in [-0.25, -0.2) is 0 Å². The lowest BCUT2D eigenvalue weighted by molar-refractivity contribution is -0.114. The van der Waals surface area contributed by atoms with Crippen LogP contribution in [-0.4, -0.2) is 5.78 Å². The molecule has 1 heteroatoms. The average Bonchev–Trinajstić information content (AvgIpc) is 3.15. The number of carbonyl (C=O) groups excluding carboxylic acids is 1. The zero-order valence-corrected chi connectivity index (χ0v) is 19.0. The Labute approximate surface area is 183 Å². The second-order valence-electron chi connectivity index (χ2n) is 10.8. The molecule has 0 saturated heterocycles. The first-order valence-electron chi connectivity index (χ1n) is 12.6. The Morgan fingerprint density at radius 2 is 1.87 bits per heavy atom. The summed E-state index contributed by atoms with van der Waals surface area (Å²) in [6, 6.07) is 9.69. The fraction of sp³-hybridized carbons (Fsp3) is 0.621. The van der Waals surface area contributed by atoms with E-state index in [0.717, 1.165) is 31.1 Å². The van der Waals surface area contributed by atoms with Crippen LogP contribution < -0.4 is 0 Å². The number of ketones is 1. The van der Waals surface area contributed by atoms with E-state index in [9.17, 15) is 4.79 Å². The third-order valence-corrected chi connectivity index (χ3v) is 8.96. The number of hydrogen-bond donors (Lipinski definition) is 0. The molecule has 0 unspecified atom stereocenters. The molecule has 1 aromatic carbocycles. The summed E-state index contributed by atoms with van der Waals surface area (Å²) in [6.45, 7) is 4.87. The van der Waals surface area contributed by atoms with Crippen molar-refractivity contribution in [1.82, 2.24) is 0 Å². The maximum absolute atomic E-state index is 12.1. The highest BCUT2D eigenvalue weighted by atomic mass is 16.1. The van der Waals surface area contributed by atoms with Gasteiger partial charge < -0.3 is 0 Å². The van der Waals surface area contributed by atoms with E-state index in [1.54, 1.807) is 11.1 Å². The molecule has 5 rings (SSSR count). The van der Waals surface area contributed by atoms with Crippen molar-refractivity contribution in [2.24, 2.45) is 17.3 Å². The maximum atomic E-state index is 12.1. The van der Waals surface area contributed by atoms with Gasteiger partial charge in [-0.1, -0.05) is 62.9 Å². The second kappa shape index (κ2) is 8.13. The van der Waals surface area contributed by atoms with Gasteiger partial charge in [-0.2, -0.15) is 0 Å². The quantitative estimate of drug-likeness (QED) is 0.461. The minimum Gasteiger partial charge on any atom is -0.295 e. The van der Waals surface area contributed by atoms with E-state index < -0.39 is 0 Å². The minimum absolute atomic E-state index is 0.349. The van der Waals surface area contributed by atoms with Gasteiger partial charge in [-0.05, 0) is 97.0 Å². The summed E-state index contributed by atoms with van der Waals surface area (Å²) in [4.78, 5) is 12.1. The molecule has 4 aliphatic rings. The Bertz CT molecular complexity index is 870. The zero-order chi connectivity index (χ0) is 20.7. The predicted octanol–water partition coefficient (Wildman–Crippen LogP) is 7.71. The summed E-state index contributed by atoms with van der Waals surface area (Å²) < 4.78 is 0. The van der Waals surface area contributed by atoms with E-state index in [-0.39, 0.29) is 0 Å². The fourth-order valence-corrected chi connectivity index (χ4v) is 7.46. The Hall–Kier alpha value is -1.63. The van der Waals surface area contributed by atoms with E-state index in [1.165, 1.54) is 74.5 Å². The van der Waals surface area contributed by atoms with Gasteiger partial charge in [0.1, 0.15) is 0 Å². The van der Waals surface area contributed by atoms with E-state index in [4.69, 9.17) is 0 Å². The normalized spacial score (nSPS) is 33.1. The summed E-state index contributed by atoms with van der Waals surface area (Å²) in [5, 5.41) is 0. The Balaban J connectivity index is 1.52. The minimum atomic E-state index is 0.349. The molecule has 160 valence electrons. The molecular formula is C29H38O. The Morgan fingerprint density at radius 1 is 1.03 bits per heavy atom. The van der Waals surface area contributed by atoms with Crippen molar-refractivity contribution in [3.05, 3.63) is 58.2 Å². The van der Waals surface area contributed by atoms with E-state index in [2.05, 4.69) is 38.1 Å². The number of allylic oxidation sites excluding steroid dienone is 4. The van der Waals surface area contributed by atoms with Gasteiger partial charge in [0.15, 0.2) is 5.78 Å². The van der Waals surface area contributed by atoms with Crippen molar-refractivity contribution < 1.29 is 4.79 Å². The number of aryl methyl sites for hydroxylation is 1. The lowest BCUT2D eigenvalue weighted by atomic mass is 9.53. The first-order chi connectivity index (χ1) is 14.6. The first kappa shape index (κ1) is 20.3. The van der Waals surface area contributed by atoms with Gasteiger partial charge in [0.2, 0.25) is 0 Å². The van der Waals surface area contributed by atoms with Crippen molar-refractivity contribution >= 4 is 5.78 Å². The third-order valence-electron chi connectivity index (χ3n) is 8.96. The Kier molecular flexibility index (Phi) is 5.50. The first-order valence-corrected chi connectivity index (χ1v) is 12.6. The summed E-state index contributed by atoms with van der Waals surface area (Å²) in [6.07, 6.45) is 16.8. The molecule has 0 N–H and O–H groups in total. The Morgan fingerprint density at radius 3 is 2.67 bits per heavy atom. The molecule has 0 radical (unpaired) electrons. The number of hydrogen-bond acceptors (Lipinski definition) is 1. The molecule has 4 atom stereocenters. The molecule has 1 nitrogen and oxygen atoms in total. The number of rotatable bonds is 5. The summed E-state index contributed by atoms with van der Waals surface area (Å²) >= 11 is 0. The molecule has 0 aliphatic heterocycles. The molecule has 2 fully saturated rings. The smallest absolute Gasteiger partial charge is 0.156 e. The van der Waals surface area contributed by atoms with Crippen LogP contribution in [0.1, 0.15) is 102 Å². The van der Waals surface area contributed by atoms with Crippen molar-refractivity contribution in [2.75, 3.05) is 0 Å². The summed E-state index contributed by atoms with van der Waals surface area (Å²) in [5.41, 5.74) is 8.27. The summed E-state index contributed by atoms with van der Waals surface area (Å²) in [7, 11) is 0. The maximum Gasteiger partial charge on any atom is 0.156 e. The molecule has 4 aliphatic carbocycles. The highest BCUT2D eigenvalue weighted by molar-refractivity contribution is 5.93. The van der Waals surface area contributed by atoms with Gasteiger partial charge in [0.25, 0.3) is 0 Å². The fourth-order valence-electron chi connectivity index (χ4n) is 7.46. The van der Waals surface area contributed by atoms with Gasteiger partial charge in [0.05, 0.1) is 0 Å². The van der Waals surface area contributed by atoms with Gasteiger partial charge in [0, 0.05) is 12.3 Å². The average molecular weight is 403 g/mol. The number of benzene rings is 1. The van der Waals surface area contributed by atoms with Crippen LogP contribution in [-0.2, 0) is 11.2 Å². The molecule has 0 aromatic heterocycles. The molecule has 30 heavy (non-hydrogen) atoms. The number of unbranched alkanes of at least 4 members (excludes halogenated alkanes) is 2. The molecule has 2 saturated carbocycles. The van der Waals surface area contributed by atoms with Gasteiger partial charge >= 0.3 is 0 Å². The van der Waals surface area contributed by atoms with Crippen LogP contribution in [0.2, 0.25) is 0 Å². The standard InChI is InChI=1S/C29H38O/c1-3-4-5-7-20-9-11-21(12-10-20)26-19-29(2)17-6-8-27(29)25-15-13-22-18-23(30)14-16-24(22)28(25)26/h9-12,18,25-27H,3-8,13-17,19H2,1-2H3/t25-,26+,27-,29-/m0/s1. The highest BCUT2D eigenvalue weighted by Crippen LogP contribution is 2.63. The van der Waals surface area contributed by atoms with Crippen LogP contribution in [0.3, 0.4) is 0 Å². The zero-order valence-electron chi connectivity index (χ0n) is 19.0. The van der Waals surface area contributed by atoms with Crippen molar-refractivity contribution in [3.8, 4) is 0 Å². The van der Waals surface area contributed by atoms with Crippen molar-refractivity contribution in [1.29, 1.82) is 0 Å². The molecular weight excluding hydrogens is 364 g/mol. The molecule has 0 amide bonds. The lowest BCUT2D eigenvalue weighted by Crippen LogP contribution is -2.40. The number of carbonyl (C=O) groups is 1. The van der Waals surface area contributed by atoms with E-state index in [0.29, 0.717) is 17.1 Å². The molecule has 0 heterocycles. The van der Waals surface area contributed by atoms with Crippen LogP contribution in [0, 0.1) is 17.3 Å². The van der Waals surface area contributed by atoms with Crippen LogP contribution >= 0.6 is 0 Å². The molecule has 0 spiro atoms. The monoisotopic (exact) mass is 402 g/mol. The van der Waals surface area contributed by atoms with E-state index >= 15 is 0 Å². The van der Waals surface area contributed by atoms with Crippen LogP contribution in [0.25, 0.3) is 0 Å². The topological polar surface area (TPSA) is 17.1 Å². The predicted molar refractivity (Wildman–Crippen MR) is 125 cm³/mol. The molecule has 0 bridgehead atoms. The molecule has 1 aromatic rings. The second-order valence-corrected chi connectivity index (χ2v) is 10.8. The SMILES string of the molecule is CCCCCc1ccc([C@H]2C[C@]3(C)CCC[C@H]3[C@@H]3CCC4=CC(=O)CCC4=C32)cc1. The van der Waals surface area contributed by atoms with E-state index in [1.807, 2.05) is 6.08 Å². The van der Waals surface area contributed by atoms with Crippen LogP contribution in [0.4, 0.5) is 0 Å².